The standard InChI is InChI=1S/C31H36N8O7/c32-20(11-16-14-35-21-7-3-1-5-18(16)21)28(42)38-24(13-27(34)41)30(44)37-23(9-10-26(33)40)29(43)39-25(31(45)46)12-17-15-36-22-8-4-2-6-19(17)22/h1-8,14-15,20,23-25,35-36H,9-13,32H2,(H2,33,40)(H2,34,41)(H,37,44)(H,38,42)(H,39,43)(H,45,46). The van der Waals surface area contributed by atoms with Crippen molar-refractivity contribution in [2.24, 2.45) is 17.2 Å². The molecule has 15 nitrogen and oxygen atoms in total. The molecule has 0 aliphatic heterocycles. The number of hydrogen-bond acceptors (Lipinski definition) is 7. The molecule has 0 saturated heterocycles. The summed E-state index contributed by atoms with van der Waals surface area (Å²) in [5.74, 6) is -5.67. The fraction of sp³-hybridized carbons (Fsp3) is 0.290. The Labute approximate surface area is 262 Å². The molecule has 0 aliphatic rings. The van der Waals surface area contributed by atoms with Crippen LogP contribution in [0.4, 0.5) is 0 Å². The van der Waals surface area contributed by atoms with Crippen molar-refractivity contribution < 1.29 is 33.9 Å². The number of nitrogens with one attached hydrogen (secondary N) is 5. The van der Waals surface area contributed by atoms with Gasteiger partial charge >= 0.3 is 5.97 Å². The molecule has 0 spiro atoms. The molecule has 4 unspecified atom stereocenters. The van der Waals surface area contributed by atoms with Crippen LogP contribution in [0, 0.1) is 0 Å². The van der Waals surface area contributed by atoms with E-state index in [1.54, 1.807) is 24.5 Å². The zero-order chi connectivity index (χ0) is 33.4. The molecule has 2 aromatic heterocycles. The summed E-state index contributed by atoms with van der Waals surface area (Å²) in [6.07, 6.45) is 2.13. The SMILES string of the molecule is NC(=O)CCC(NC(=O)C(CC(N)=O)NC(=O)C(N)Cc1c[nH]c2ccccc12)C(=O)NC(Cc1c[nH]c2ccccc12)C(=O)O. The van der Waals surface area contributed by atoms with Crippen LogP contribution in [0.2, 0.25) is 0 Å². The van der Waals surface area contributed by atoms with E-state index in [4.69, 9.17) is 17.2 Å². The largest absolute Gasteiger partial charge is 0.480 e. The Morgan fingerprint density at radius 3 is 1.72 bits per heavy atom. The number of rotatable bonds is 16. The number of carboxylic acid groups (broad SMARTS) is 1. The first-order valence-electron chi connectivity index (χ1n) is 14.5. The van der Waals surface area contributed by atoms with Crippen LogP contribution in [0.5, 0.6) is 0 Å². The van der Waals surface area contributed by atoms with Gasteiger partial charge in [-0.1, -0.05) is 36.4 Å². The number of aromatic amines is 2. The van der Waals surface area contributed by atoms with Crippen LogP contribution >= 0.6 is 0 Å². The van der Waals surface area contributed by atoms with Gasteiger partial charge in [0, 0.05) is 47.0 Å². The van der Waals surface area contributed by atoms with Gasteiger partial charge in [0.25, 0.3) is 0 Å². The second kappa shape index (κ2) is 14.9. The molecule has 0 saturated carbocycles. The molecule has 0 aliphatic carbocycles. The van der Waals surface area contributed by atoms with Crippen LogP contribution in [0.1, 0.15) is 30.4 Å². The van der Waals surface area contributed by atoms with Crippen LogP contribution < -0.4 is 33.2 Å². The lowest BCUT2D eigenvalue weighted by atomic mass is 10.0. The van der Waals surface area contributed by atoms with Gasteiger partial charge < -0.3 is 48.2 Å². The number of aliphatic carboxylic acids is 1. The number of H-pyrrole nitrogens is 2. The summed E-state index contributed by atoms with van der Waals surface area (Å²) in [6, 6.07) is 9.16. The van der Waals surface area contributed by atoms with Gasteiger partial charge in [-0.15, -0.1) is 0 Å². The van der Waals surface area contributed by atoms with Crippen molar-refractivity contribution >= 4 is 57.3 Å². The molecule has 242 valence electrons. The Hall–Kier alpha value is -5.70. The predicted molar refractivity (Wildman–Crippen MR) is 168 cm³/mol. The Kier molecular flexibility index (Phi) is 10.7. The van der Waals surface area contributed by atoms with Gasteiger partial charge in [-0.2, -0.15) is 0 Å². The van der Waals surface area contributed by atoms with Crippen molar-refractivity contribution in [2.75, 3.05) is 0 Å². The Balaban J connectivity index is 1.46. The molecule has 4 aromatic rings. The first-order valence-corrected chi connectivity index (χ1v) is 14.5. The van der Waals surface area contributed by atoms with E-state index >= 15 is 0 Å². The van der Waals surface area contributed by atoms with E-state index in [0.29, 0.717) is 5.56 Å². The fourth-order valence-electron chi connectivity index (χ4n) is 5.14. The van der Waals surface area contributed by atoms with E-state index < -0.39 is 66.1 Å². The monoisotopic (exact) mass is 632 g/mol. The molecule has 5 amide bonds. The van der Waals surface area contributed by atoms with E-state index in [-0.39, 0.29) is 25.7 Å². The first-order chi connectivity index (χ1) is 21.9. The Bertz CT molecular complexity index is 1760. The van der Waals surface area contributed by atoms with Crippen molar-refractivity contribution in [1.82, 2.24) is 25.9 Å². The summed E-state index contributed by atoms with van der Waals surface area (Å²) in [5.41, 5.74) is 19.8. The molecule has 2 heterocycles. The van der Waals surface area contributed by atoms with E-state index in [1.807, 2.05) is 36.4 Å². The number of hydrogen-bond donors (Lipinski definition) is 9. The maximum absolute atomic E-state index is 13.3. The first kappa shape index (κ1) is 33.2. The number of nitrogens with two attached hydrogens (primary N) is 3. The third-order valence-corrected chi connectivity index (χ3v) is 7.52. The number of carbonyl (C=O) groups is 6. The number of aromatic nitrogens is 2. The highest BCUT2D eigenvalue weighted by atomic mass is 16.4. The molecular weight excluding hydrogens is 596 g/mol. The molecule has 4 atom stereocenters. The Morgan fingerprint density at radius 1 is 0.674 bits per heavy atom. The highest BCUT2D eigenvalue weighted by molar-refractivity contribution is 5.97. The van der Waals surface area contributed by atoms with Crippen LogP contribution in [0.3, 0.4) is 0 Å². The summed E-state index contributed by atoms with van der Waals surface area (Å²) in [4.78, 5) is 81.2. The minimum absolute atomic E-state index is 0.0871. The van der Waals surface area contributed by atoms with Crippen molar-refractivity contribution in [1.29, 1.82) is 0 Å². The van der Waals surface area contributed by atoms with Gasteiger partial charge in [-0.25, -0.2) is 4.79 Å². The lowest BCUT2D eigenvalue weighted by molar-refractivity contribution is -0.142. The molecule has 4 rings (SSSR count). The third kappa shape index (κ3) is 8.47. The summed E-state index contributed by atoms with van der Waals surface area (Å²) in [5, 5.41) is 18.7. The average Bonchev–Trinajstić information content (AvgIpc) is 3.62. The fourth-order valence-corrected chi connectivity index (χ4v) is 5.14. The molecule has 0 bridgehead atoms. The molecule has 15 heteroatoms. The third-order valence-electron chi connectivity index (χ3n) is 7.52. The van der Waals surface area contributed by atoms with Crippen molar-refractivity contribution in [3.05, 3.63) is 72.1 Å². The van der Waals surface area contributed by atoms with Crippen LogP contribution in [-0.2, 0) is 41.6 Å². The normalized spacial score (nSPS) is 13.8. The number of carboxylic acids is 1. The zero-order valence-electron chi connectivity index (χ0n) is 24.7. The van der Waals surface area contributed by atoms with E-state index in [2.05, 4.69) is 25.9 Å². The highest BCUT2D eigenvalue weighted by Crippen LogP contribution is 2.20. The topological polar surface area (TPSA) is 268 Å². The summed E-state index contributed by atoms with van der Waals surface area (Å²) in [7, 11) is 0. The van der Waals surface area contributed by atoms with Crippen LogP contribution in [0.25, 0.3) is 21.8 Å². The molecule has 0 fully saturated rings. The number of amides is 5. The average molecular weight is 633 g/mol. The summed E-state index contributed by atoms with van der Waals surface area (Å²) >= 11 is 0. The number of fused-ring (bicyclic) bond motifs is 2. The maximum Gasteiger partial charge on any atom is 0.326 e. The molecular formula is C31H36N8O7. The van der Waals surface area contributed by atoms with E-state index in [1.165, 1.54) is 0 Å². The number of carbonyl (C=O) groups excluding carboxylic acids is 5. The predicted octanol–water partition coefficient (Wildman–Crippen LogP) is -0.558. The quantitative estimate of drug-likeness (QED) is 0.0771. The number of benzene rings is 2. The van der Waals surface area contributed by atoms with Crippen molar-refractivity contribution in [3.8, 4) is 0 Å². The van der Waals surface area contributed by atoms with Gasteiger partial charge in [0.2, 0.25) is 29.5 Å². The lowest BCUT2D eigenvalue weighted by Gasteiger charge is -2.24. The molecule has 46 heavy (non-hydrogen) atoms. The van der Waals surface area contributed by atoms with Gasteiger partial charge in [0.05, 0.1) is 12.5 Å². The van der Waals surface area contributed by atoms with Crippen molar-refractivity contribution in [2.45, 2.75) is 56.3 Å². The smallest absolute Gasteiger partial charge is 0.326 e. The van der Waals surface area contributed by atoms with E-state index in [9.17, 15) is 33.9 Å². The highest BCUT2D eigenvalue weighted by Gasteiger charge is 2.32. The number of para-hydroxylation sites is 2. The van der Waals surface area contributed by atoms with Gasteiger partial charge in [-0.3, -0.25) is 24.0 Å². The zero-order valence-corrected chi connectivity index (χ0v) is 24.7. The molecule has 2 aromatic carbocycles. The lowest BCUT2D eigenvalue weighted by Crippen LogP contribution is -2.58. The summed E-state index contributed by atoms with van der Waals surface area (Å²) in [6.45, 7) is 0. The molecule has 0 radical (unpaired) electrons. The van der Waals surface area contributed by atoms with E-state index in [0.717, 1.165) is 27.4 Å². The Morgan fingerprint density at radius 2 is 1.17 bits per heavy atom. The second-order valence-electron chi connectivity index (χ2n) is 10.9. The van der Waals surface area contributed by atoms with Crippen LogP contribution in [0.15, 0.2) is 60.9 Å². The minimum atomic E-state index is -1.52. The van der Waals surface area contributed by atoms with Gasteiger partial charge in [0.15, 0.2) is 0 Å². The number of primary amides is 2. The maximum atomic E-state index is 13.3. The summed E-state index contributed by atoms with van der Waals surface area (Å²) < 4.78 is 0. The van der Waals surface area contributed by atoms with Crippen LogP contribution in [-0.4, -0.2) is 74.7 Å². The molecule has 12 N–H and O–H groups in total. The van der Waals surface area contributed by atoms with Gasteiger partial charge in [0.1, 0.15) is 18.1 Å². The van der Waals surface area contributed by atoms with Gasteiger partial charge in [-0.05, 0) is 36.1 Å². The second-order valence-corrected chi connectivity index (χ2v) is 10.9. The van der Waals surface area contributed by atoms with Crippen molar-refractivity contribution in [3.63, 3.8) is 0 Å². The minimum Gasteiger partial charge on any atom is -0.480 e.